The van der Waals surface area contributed by atoms with Crippen LogP contribution < -0.4 is 10.1 Å². The Kier molecular flexibility index (Phi) is 2.65. The third kappa shape index (κ3) is 1.89. The maximum Gasteiger partial charge on any atom is 0.411 e. The first kappa shape index (κ1) is 10.9. The van der Waals surface area contributed by atoms with Gasteiger partial charge in [-0.2, -0.15) is 0 Å². The SMILES string of the molecule is COc1ncc(C(=O)NC(=O)O)c2[nH]ccc12. The standard InChI is InChI=1S/C10H9N3O4/c1-17-9-5-2-3-11-7(5)6(4-12-9)8(14)13-10(15)16/h2-4,11H,1H3,(H,13,14)(H,15,16). The molecule has 0 unspecified atom stereocenters. The van der Waals surface area contributed by atoms with E-state index in [0.29, 0.717) is 16.8 Å². The van der Waals surface area contributed by atoms with E-state index < -0.39 is 12.0 Å². The van der Waals surface area contributed by atoms with E-state index in [1.165, 1.54) is 13.3 Å². The van der Waals surface area contributed by atoms with Crippen molar-refractivity contribution in [1.29, 1.82) is 0 Å². The molecule has 0 aliphatic heterocycles. The molecule has 0 aliphatic carbocycles. The molecule has 2 rings (SSSR count). The number of hydrogen-bond acceptors (Lipinski definition) is 4. The Balaban J connectivity index is 2.52. The van der Waals surface area contributed by atoms with Gasteiger partial charge in [0.05, 0.1) is 23.6 Å². The molecule has 2 heterocycles. The summed E-state index contributed by atoms with van der Waals surface area (Å²) in [5.74, 6) is -0.367. The van der Waals surface area contributed by atoms with Crippen molar-refractivity contribution < 1.29 is 19.4 Å². The number of amides is 2. The van der Waals surface area contributed by atoms with Crippen LogP contribution in [0.4, 0.5) is 4.79 Å². The van der Waals surface area contributed by atoms with Crippen LogP contribution in [0.25, 0.3) is 10.9 Å². The zero-order valence-electron chi connectivity index (χ0n) is 8.85. The monoisotopic (exact) mass is 235 g/mol. The lowest BCUT2D eigenvalue weighted by Crippen LogP contribution is -2.28. The predicted octanol–water partition coefficient (Wildman–Crippen LogP) is 0.979. The molecule has 17 heavy (non-hydrogen) atoms. The number of hydrogen-bond donors (Lipinski definition) is 3. The molecule has 0 bridgehead atoms. The normalized spacial score (nSPS) is 10.2. The average Bonchev–Trinajstić information content (AvgIpc) is 2.75. The molecular formula is C10H9N3O4. The number of methoxy groups -OCH3 is 1. The molecule has 3 N–H and O–H groups in total. The van der Waals surface area contributed by atoms with Gasteiger partial charge in [0.1, 0.15) is 0 Å². The summed E-state index contributed by atoms with van der Waals surface area (Å²) in [6.45, 7) is 0. The van der Waals surface area contributed by atoms with E-state index in [9.17, 15) is 9.59 Å². The zero-order valence-corrected chi connectivity index (χ0v) is 8.85. The van der Waals surface area contributed by atoms with Crippen molar-refractivity contribution in [3.05, 3.63) is 24.0 Å². The predicted molar refractivity (Wildman–Crippen MR) is 58.1 cm³/mol. The van der Waals surface area contributed by atoms with Crippen molar-refractivity contribution in [2.24, 2.45) is 0 Å². The second kappa shape index (κ2) is 4.12. The first-order valence-electron chi connectivity index (χ1n) is 4.68. The minimum Gasteiger partial charge on any atom is -0.481 e. The molecule has 2 amide bonds. The fourth-order valence-corrected chi connectivity index (χ4v) is 1.53. The highest BCUT2D eigenvalue weighted by Gasteiger charge is 2.16. The number of carbonyl (C=O) groups is 2. The van der Waals surface area contributed by atoms with E-state index >= 15 is 0 Å². The van der Waals surface area contributed by atoms with Crippen LogP contribution in [0.1, 0.15) is 10.4 Å². The van der Waals surface area contributed by atoms with E-state index in [4.69, 9.17) is 9.84 Å². The molecule has 0 aliphatic rings. The maximum atomic E-state index is 11.6. The molecule has 2 aromatic heterocycles. The number of nitrogens with zero attached hydrogens (tertiary/aromatic N) is 1. The van der Waals surface area contributed by atoms with Gasteiger partial charge in [-0.05, 0) is 6.07 Å². The number of nitrogens with one attached hydrogen (secondary N) is 2. The van der Waals surface area contributed by atoms with Gasteiger partial charge in [-0.25, -0.2) is 9.78 Å². The third-order valence-electron chi connectivity index (χ3n) is 2.22. The van der Waals surface area contributed by atoms with Gasteiger partial charge in [0.15, 0.2) is 0 Å². The lowest BCUT2D eigenvalue weighted by Gasteiger charge is -2.04. The summed E-state index contributed by atoms with van der Waals surface area (Å²) in [4.78, 5) is 28.7. The van der Waals surface area contributed by atoms with Gasteiger partial charge in [-0.3, -0.25) is 10.1 Å². The lowest BCUT2D eigenvalue weighted by molar-refractivity contribution is 0.0949. The second-order valence-corrected chi connectivity index (χ2v) is 3.21. The van der Waals surface area contributed by atoms with Gasteiger partial charge in [0.2, 0.25) is 5.88 Å². The van der Waals surface area contributed by atoms with Crippen LogP contribution in [0.2, 0.25) is 0 Å². The van der Waals surface area contributed by atoms with E-state index in [1.54, 1.807) is 17.6 Å². The van der Waals surface area contributed by atoms with Crippen LogP contribution in [-0.2, 0) is 0 Å². The van der Waals surface area contributed by atoms with E-state index in [-0.39, 0.29) is 5.56 Å². The van der Waals surface area contributed by atoms with Crippen molar-refractivity contribution in [2.75, 3.05) is 7.11 Å². The summed E-state index contributed by atoms with van der Waals surface area (Å²) >= 11 is 0. The van der Waals surface area contributed by atoms with E-state index in [2.05, 4.69) is 9.97 Å². The zero-order chi connectivity index (χ0) is 12.4. The maximum absolute atomic E-state index is 11.6. The first-order valence-corrected chi connectivity index (χ1v) is 4.68. The molecule has 0 saturated carbocycles. The van der Waals surface area contributed by atoms with Crippen LogP contribution in [0, 0.1) is 0 Å². The van der Waals surface area contributed by atoms with Crippen molar-refractivity contribution in [1.82, 2.24) is 15.3 Å². The summed E-state index contributed by atoms with van der Waals surface area (Å²) in [5.41, 5.74) is 0.629. The van der Waals surface area contributed by atoms with Gasteiger partial charge in [0.25, 0.3) is 5.91 Å². The highest BCUT2D eigenvalue weighted by Crippen LogP contribution is 2.24. The number of H-pyrrole nitrogens is 1. The summed E-state index contributed by atoms with van der Waals surface area (Å²) < 4.78 is 5.02. The number of imide groups is 1. The number of aromatic nitrogens is 2. The van der Waals surface area contributed by atoms with Crippen LogP contribution in [0.15, 0.2) is 18.5 Å². The lowest BCUT2D eigenvalue weighted by atomic mass is 10.2. The van der Waals surface area contributed by atoms with Gasteiger partial charge < -0.3 is 14.8 Å². The molecule has 0 radical (unpaired) electrons. The molecule has 0 fully saturated rings. The Morgan fingerprint density at radius 2 is 2.29 bits per heavy atom. The summed E-state index contributed by atoms with van der Waals surface area (Å²) in [7, 11) is 1.46. The minimum atomic E-state index is -1.41. The number of rotatable bonds is 2. The van der Waals surface area contributed by atoms with Crippen LogP contribution in [0.5, 0.6) is 5.88 Å². The number of pyridine rings is 1. The number of aromatic amines is 1. The highest BCUT2D eigenvalue weighted by atomic mass is 16.5. The van der Waals surface area contributed by atoms with Crippen LogP contribution >= 0.6 is 0 Å². The van der Waals surface area contributed by atoms with Gasteiger partial charge >= 0.3 is 6.09 Å². The van der Waals surface area contributed by atoms with Gasteiger partial charge in [-0.1, -0.05) is 0 Å². The molecule has 0 spiro atoms. The molecule has 7 heteroatoms. The van der Waals surface area contributed by atoms with Gasteiger partial charge in [0, 0.05) is 12.4 Å². The van der Waals surface area contributed by atoms with Crippen molar-refractivity contribution in [3.63, 3.8) is 0 Å². The van der Waals surface area contributed by atoms with Crippen molar-refractivity contribution in [3.8, 4) is 5.88 Å². The Labute approximate surface area is 95.4 Å². The molecule has 0 aromatic carbocycles. The molecule has 2 aromatic rings. The first-order chi connectivity index (χ1) is 8.13. The Morgan fingerprint density at radius 3 is 2.94 bits per heavy atom. The fraction of sp³-hybridized carbons (Fsp3) is 0.100. The average molecular weight is 235 g/mol. The molecular weight excluding hydrogens is 226 g/mol. The Hall–Kier alpha value is -2.57. The summed E-state index contributed by atoms with van der Waals surface area (Å²) in [6.07, 6.45) is 1.47. The molecule has 0 atom stereocenters. The molecule has 0 saturated heterocycles. The third-order valence-corrected chi connectivity index (χ3v) is 2.22. The van der Waals surface area contributed by atoms with E-state index in [1.807, 2.05) is 0 Å². The smallest absolute Gasteiger partial charge is 0.411 e. The second-order valence-electron chi connectivity index (χ2n) is 3.21. The van der Waals surface area contributed by atoms with Crippen molar-refractivity contribution in [2.45, 2.75) is 0 Å². The van der Waals surface area contributed by atoms with Crippen molar-refractivity contribution >= 4 is 22.9 Å². The fourth-order valence-electron chi connectivity index (χ4n) is 1.53. The summed E-state index contributed by atoms with van der Waals surface area (Å²) in [6, 6.07) is 1.69. The van der Waals surface area contributed by atoms with Crippen LogP contribution in [-0.4, -0.2) is 34.2 Å². The van der Waals surface area contributed by atoms with E-state index in [0.717, 1.165) is 0 Å². The number of carboxylic acid groups (broad SMARTS) is 1. The number of ether oxygens (including phenoxy) is 1. The topological polar surface area (TPSA) is 104 Å². The van der Waals surface area contributed by atoms with Gasteiger partial charge in [-0.15, -0.1) is 0 Å². The molecule has 7 nitrogen and oxygen atoms in total. The Morgan fingerprint density at radius 1 is 1.53 bits per heavy atom. The molecule has 88 valence electrons. The Bertz CT molecular complexity index is 590. The van der Waals surface area contributed by atoms with Crippen LogP contribution in [0.3, 0.4) is 0 Å². The highest BCUT2D eigenvalue weighted by molar-refractivity contribution is 6.10. The largest absolute Gasteiger partial charge is 0.481 e. The quantitative estimate of drug-likeness (QED) is 0.719. The number of fused-ring (bicyclic) bond motifs is 1. The number of carbonyl (C=O) groups excluding carboxylic acids is 1. The minimum absolute atomic E-state index is 0.146. The summed E-state index contributed by atoms with van der Waals surface area (Å²) in [5, 5.41) is 10.9.